The average Bonchev–Trinajstić information content (AvgIpc) is 2.94. The smallest absolute Gasteiger partial charge is 0.274 e. The quantitative estimate of drug-likeness (QED) is 0.225. The Labute approximate surface area is 230 Å². The number of carbonyl (C=O) groups is 1. The number of amides is 1. The number of anilines is 1. The number of hydrogen-bond donors (Lipinski definition) is 5. The third kappa shape index (κ3) is 7.64. The van der Waals surface area contributed by atoms with Crippen LogP contribution in [0.5, 0.6) is 5.75 Å². The van der Waals surface area contributed by atoms with Gasteiger partial charge in [0, 0.05) is 31.5 Å². The molecular formula is C31H40N4O4. The van der Waals surface area contributed by atoms with E-state index in [1.54, 1.807) is 12.3 Å². The summed E-state index contributed by atoms with van der Waals surface area (Å²) < 4.78 is 6.16. The van der Waals surface area contributed by atoms with Crippen molar-refractivity contribution in [3.8, 4) is 16.9 Å². The number of aliphatic hydroxyl groups excluding tert-OH is 2. The van der Waals surface area contributed by atoms with E-state index in [9.17, 15) is 9.90 Å². The summed E-state index contributed by atoms with van der Waals surface area (Å²) in [7, 11) is 0. The van der Waals surface area contributed by atoms with Gasteiger partial charge in [0.05, 0.1) is 19.3 Å². The van der Waals surface area contributed by atoms with E-state index in [-0.39, 0.29) is 24.5 Å². The van der Waals surface area contributed by atoms with Crippen molar-refractivity contribution in [3.05, 3.63) is 77.1 Å². The Morgan fingerprint density at radius 3 is 2.64 bits per heavy atom. The van der Waals surface area contributed by atoms with E-state index in [2.05, 4.69) is 40.0 Å². The first-order valence-electron chi connectivity index (χ1n) is 13.8. The van der Waals surface area contributed by atoms with Gasteiger partial charge in [-0.05, 0) is 91.6 Å². The maximum atomic E-state index is 12.9. The summed E-state index contributed by atoms with van der Waals surface area (Å²) in [4.78, 5) is 17.2. The van der Waals surface area contributed by atoms with Gasteiger partial charge in [-0.2, -0.15) is 0 Å². The summed E-state index contributed by atoms with van der Waals surface area (Å²) in [6, 6.07) is 15.5. The minimum atomic E-state index is -0.266. The van der Waals surface area contributed by atoms with E-state index < -0.39 is 0 Å². The molecule has 208 valence electrons. The zero-order chi connectivity index (χ0) is 27.6. The van der Waals surface area contributed by atoms with E-state index >= 15 is 0 Å². The third-order valence-corrected chi connectivity index (χ3v) is 7.38. The molecule has 8 nitrogen and oxygen atoms in total. The molecule has 0 saturated carbocycles. The highest BCUT2D eigenvalue weighted by molar-refractivity contribution is 6.03. The van der Waals surface area contributed by atoms with Gasteiger partial charge in [0.25, 0.3) is 5.91 Å². The predicted octanol–water partition coefficient (Wildman–Crippen LogP) is 3.83. The first-order valence-corrected chi connectivity index (χ1v) is 13.8. The fourth-order valence-electron chi connectivity index (χ4n) is 5.02. The molecule has 1 unspecified atom stereocenters. The van der Waals surface area contributed by atoms with Crippen LogP contribution in [0.15, 0.2) is 54.7 Å². The Kier molecular flexibility index (Phi) is 10.4. The summed E-state index contributed by atoms with van der Waals surface area (Å²) in [6.07, 6.45) is 4.10. The van der Waals surface area contributed by atoms with Crippen LogP contribution < -0.4 is 20.7 Å². The SMILES string of the molecule is Cc1c(NC(=O)c2ccc(CNCCO)cn2)cccc1-c1cccc(OCCCC2CNCC[C@H]2O)c1C. The lowest BCUT2D eigenvalue weighted by atomic mass is 9.92. The number of rotatable bonds is 12. The lowest BCUT2D eigenvalue weighted by molar-refractivity contribution is 0.0711. The standard InChI is InChI=1S/C31H40N4O4/c1-21-25(7-3-9-27(21)35-31(38)28-12-11-23(19-34-28)18-33-15-16-36)26-8-4-10-30(22(26)2)39-17-5-6-24-20-32-14-13-29(24)37/h3-4,7-12,19,24,29,32-33,36-37H,5-6,13-18,20H2,1-2H3,(H,35,38)/t24?,29-/m1/s1. The summed E-state index contributed by atoms with van der Waals surface area (Å²) in [5.74, 6) is 0.871. The van der Waals surface area contributed by atoms with Gasteiger partial charge in [-0.3, -0.25) is 9.78 Å². The Bertz CT molecular complexity index is 1230. The molecule has 0 spiro atoms. The Morgan fingerprint density at radius 1 is 1.10 bits per heavy atom. The van der Waals surface area contributed by atoms with Crippen LogP contribution in [-0.4, -0.2) is 60.1 Å². The zero-order valence-corrected chi connectivity index (χ0v) is 22.9. The highest BCUT2D eigenvalue weighted by Gasteiger charge is 2.22. The van der Waals surface area contributed by atoms with Crippen LogP contribution in [0.3, 0.4) is 0 Å². The maximum absolute atomic E-state index is 12.9. The lowest BCUT2D eigenvalue weighted by Crippen LogP contribution is -2.39. The first kappa shape index (κ1) is 28.7. The van der Waals surface area contributed by atoms with Crippen molar-refractivity contribution in [2.24, 2.45) is 5.92 Å². The molecule has 1 fully saturated rings. The second-order valence-electron chi connectivity index (χ2n) is 10.1. The molecule has 0 radical (unpaired) electrons. The van der Waals surface area contributed by atoms with Gasteiger partial charge < -0.3 is 30.9 Å². The summed E-state index contributed by atoms with van der Waals surface area (Å²) in [6.45, 7) is 7.59. The van der Waals surface area contributed by atoms with Crippen LogP contribution in [0.25, 0.3) is 11.1 Å². The first-order chi connectivity index (χ1) is 19.0. The van der Waals surface area contributed by atoms with E-state index in [0.29, 0.717) is 25.4 Å². The monoisotopic (exact) mass is 532 g/mol. The molecular weight excluding hydrogens is 492 g/mol. The second-order valence-corrected chi connectivity index (χ2v) is 10.1. The van der Waals surface area contributed by atoms with Crippen molar-refractivity contribution < 1.29 is 19.7 Å². The molecule has 2 heterocycles. The Morgan fingerprint density at radius 2 is 1.90 bits per heavy atom. The highest BCUT2D eigenvalue weighted by atomic mass is 16.5. The molecule has 1 aromatic heterocycles. The van der Waals surface area contributed by atoms with Crippen LogP contribution >= 0.6 is 0 Å². The molecule has 8 heteroatoms. The Balaban J connectivity index is 1.40. The topological polar surface area (TPSA) is 116 Å². The van der Waals surface area contributed by atoms with E-state index in [0.717, 1.165) is 71.6 Å². The largest absolute Gasteiger partial charge is 0.493 e. The number of benzene rings is 2. The number of nitrogens with one attached hydrogen (secondary N) is 3. The molecule has 1 aliphatic heterocycles. The molecule has 1 aliphatic rings. The van der Waals surface area contributed by atoms with Crippen LogP contribution in [0.4, 0.5) is 5.69 Å². The highest BCUT2D eigenvalue weighted by Crippen LogP contribution is 2.35. The van der Waals surface area contributed by atoms with E-state index in [1.165, 1.54) is 0 Å². The molecule has 2 aromatic carbocycles. The van der Waals surface area contributed by atoms with Crippen molar-refractivity contribution in [1.29, 1.82) is 0 Å². The van der Waals surface area contributed by atoms with Crippen LogP contribution in [0.1, 0.15) is 46.4 Å². The Hall–Kier alpha value is -3.30. The van der Waals surface area contributed by atoms with Gasteiger partial charge in [-0.15, -0.1) is 0 Å². The van der Waals surface area contributed by atoms with Crippen LogP contribution in [0.2, 0.25) is 0 Å². The number of carbonyl (C=O) groups excluding carboxylic acids is 1. The van der Waals surface area contributed by atoms with Crippen LogP contribution in [-0.2, 0) is 6.54 Å². The van der Waals surface area contributed by atoms with Crippen molar-refractivity contribution >= 4 is 11.6 Å². The number of nitrogens with zero attached hydrogens (tertiary/aromatic N) is 1. The number of hydrogen-bond acceptors (Lipinski definition) is 7. The maximum Gasteiger partial charge on any atom is 0.274 e. The van der Waals surface area contributed by atoms with Gasteiger partial charge in [0.2, 0.25) is 0 Å². The van der Waals surface area contributed by atoms with Crippen molar-refractivity contribution in [1.82, 2.24) is 15.6 Å². The molecule has 4 rings (SSSR count). The van der Waals surface area contributed by atoms with Gasteiger partial charge >= 0.3 is 0 Å². The third-order valence-electron chi connectivity index (χ3n) is 7.38. The van der Waals surface area contributed by atoms with E-state index in [4.69, 9.17) is 9.84 Å². The van der Waals surface area contributed by atoms with E-state index in [1.807, 2.05) is 37.3 Å². The predicted molar refractivity (Wildman–Crippen MR) is 154 cm³/mol. The summed E-state index contributed by atoms with van der Waals surface area (Å²) >= 11 is 0. The number of aliphatic hydroxyl groups is 2. The molecule has 1 saturated heterocycles. The number of ether oxygens (including phenoxy) is 1. The van der Waals surface area contributed by atoms with Crippen molar-refractivity contribution in [3.63, 3.8) is 0 Å². The van der Waals surface area contributed by atoms with Gasteiger partial charge in [0.1, 0.15) is 11.4 Å². The lowest BCUT2D eigenvalue weighted by Gasteiger charge is -2.28. The average molecular weight is 533 g/mol. The number of pyridine rings is 1. The normalized spacial score (nSPS) is 17.1. The van der Waals surface area contributed by atoms with Gasteiger partial charge in [-0.25, -0.2) is 0 Å². The summed E-state index contributed by atoms with van der Waals surface area (Å²) in [5.41, 5.74) is 6.13. The molecule has 2 atom stereocenters. The van der Waals surface area contributed by atoms with Crippen molar-refractivity contribution in [2.45, 2.75) is 45.8 Å². The molecule has 39 heavy (non-hydrogen) atoms. The number of piperidine rings is 1. The fraction of sp³-hybridized carbons (Fsp3) is 0.419. The molecule has 5 N–H and O–H groups in total. The molecule has 1 amide bonds. The fourth-order valence-corrected chi connectivity index (χ4v) is 5.02. The molecule has 3 aromatic rings. The minimum absolute atomic E-state index is 0.0768. The van der Waals surface area contributed by atoms with Crippen molar-refractivity contribution in [2.75, 3.05) is 38.2 Å². The van der Waals surface area contributed by atoms with Gasteiger partial charge in [0.15, 0.2) is 0 Å². The zero-order valence-electron chi connectivity index (χ0n) is 22.9. The van der Waals surface area contributed by atoms with Gasteiger partial charge in [-0.1, -0.05) is 30.3 Å². The molecule has 0 aliphatic carbocycles. The number of aromatic nitrogens is 1. The van der Waals surface area contributed by atoms with Crippen LogP contribution in [0, 0.1) is 19.8 Å². The summed E-state index contributed by atoms with van der Waals surface area (Å²) in [5, 5.41) is 28.5. The minimum Gasteiger partial charge on any atom is -0.493 e. The second kappa shape index (κ2) is 14.2. The molecule has 0 bridgehead atoms.